The molecule has 5 heteroatoms. The van der Waals surface area contributed by atoms with Crippen LogP contribution in [0.1, 0.15) is 51.4 Å². The van der Waals surface area contributed by atoms with E-state index in [9.17, 15) is 9.59 Å². The van der Waals surface area contributed by atoms with Crippen LogP contribution >= 0.6 is 0 Å². The van der Waals surface area contributed by atoms with E-state index >= 15 is 0 Å². The second-order valence-electron chi connectivity index (χ2n) is 4.32. The maximum absolute atomic E-state index is 10.6. The number of carbonyl (C=O) groups excluding carboxylic acids is 2. The largest absolute Gasteiger partial charge is 0.412 e. The highest BCUT2D eigenvalue weighted by molar-refractivity contribution is 5.76. The molecular formula is C12H24N2O3. The third-order valence-corrected chi connectivity index (χ3v) is 2.81. The molecule has 0 bridgehead atoms. The molecule has 2 amide bonds. The molecule has 0 aliphatic carbocycles. The van der Waals surface area contributed by atoms with Gasteiger partial charge in [-0.1, -0.05) is 12.8 Å². The molecule has 0 aromatic carbocycles. The van der Waals surface area contributed by atoms with Gasteiger partial charge in [0.05, 0.1) is 0 Å². The van der Waals surface area contributed by atoms with Crippen molar-refractivity contribution in [3.63, 3.8) is 0 Å². The van der Waals surface area contributed by atoms with Gasteiger partial charge in [0.25, 0.3) is 0 Å². The van der Waals surface area contributed by atoms with Crippen LogP contribution in [0.2, 0.25) is 0 Å². The lowest BCUT2D eigenvalue weighted by atomic mass is 10.2. The van der Waals surface area contributed by atoms with Crippen LogP contribution in [0.3, 0.4) is 0 Å². The van der Waals surface area contributed by atoms with Gasteiger partial charge in [0.1, 0.15) is 0 Å². The van der Waals surface area contributed by atoms with Crippen molar-refractivity contribution in [1.29, 1.82) is 0 Å². The van der Waals surface area contributed by atoms with Gasteiger partial charge in [0.2, 0.25) is 11.8 Å². The normalized spacial score (nSPS) is 20.5. The van der Waals surface area contributed by atoms with Crippen molar-refractivity contribution in [2.75, 3.05) is 13.1 Å². The van der Waals surface area contributed by atoms with Crippen molar-refractivity contribution in [3.8, 4) is 0 Å². The van der Waals surface area contributed by atoms with Crippen LogP contribution in [0.4, 0.5) is 0 Å². The summed E-state index contributed by atoms with van der Waals surface area (Å²) in [6.45, 7) is 1.78. The highest BCUT2D eigenvalue weighted by Crippen LogP contribution is 2.02. The Morgan fingerprint density at radius 1 is 0.647 bits per heavy atom. The molecule has 0 saturated carbocycles. The Labute approximate surface area is 103 Å². The fraction of sp³-hybridized carbons (Fsp3) is 0.833. The number of rotatable bonds is 0. The van der Waals surface area contributed by atoms with Crippen molar-refractivity contribution < 1.29 is 15.1 Å². The molecule has 17 heavy (non-hydrogen) atoms. The van der Waals surface area contributed by atoms with Crippen molar-refractivity contribution in [2.45, 2.75) is 51.4 Å². The molecular weight excluding hydrogens is 220 g/mol. The zero-order valence-corrected chi connectivity index (χ0v) is 10.4. The molecule has 2 rings (SSSR count). The van der Waals surface area contributed by atoms with Crippen LogP contribution in [0.25, 0.3) is 0 Å². The van der Waals surface area contributed by atoms with Crippen LogP contribution in [0.5, 0.6) is 0 Å². The number of nitrogens with one attached hydrogen (secondary N) is 2. The smallest absolute Gasteiger partial charge is 0.219 e. The van der Waals surface area contributed by atoms with E-state index in [0.717, 1.165) is 51.6 Å². The first-order chi connectivity index (χ1) is 7.79. The quantitative estimate of drug-likeness (QED) is 0.650. The maximum atomic E-state index is 10.6. The average Bonchev–Trinajstić information content (AvgIpc) is 2.64. The van der Waals surface area contributed by atoms with E-state index < -0.39 is 0 Å². The van der Waals surface area contributed by atoms with Gasteiger partial charge in [-0.25, -0.2) is 0 Å². The van der Waals surface area contributed by atoms with Crippen molar-refractivity contribution in [2.24, 2.45) is 0 Å². The first-order valence-corrected chi connectivity index (χ1v) is 6.32. The average molecular weight is 244 g/mol. The number of hydrogen-bond acceptors (Lipinski definition) is 2. The molecule has 4 N–H and O–H groups in total. The minimum atomic E-state index is 0. The standard InChI is InChI=1S/2C6H11NO.H2O/c2*8-6-4-2-1-3-5-7-6;/h2*1-5H2,(H,7,8);1H2. The van der Waals surface area contributed by atoms with E-state index in [0.29, 0.717) is 0 Å². The Hall–Kier alpha value is -1.10. The summed E-state index contributed by atoms with van der Waals surface area (Å²) < 4.78 is 0. The Morgan fingerprint density at radius 3 is 1.47 bits per heavy atom. The molecule has 0 aromatic rings. The van der Waals surface area contributed by atoms with Crippen LogP contribution in [-0.4, -0.2) is 30.4 Å². The molecule has 0 aromatic heterocycles. The highest BCUT2D eigenvalue weighted by Gasteiger charge is 2.04. The van der Waals surface area contributed by atoms with Gasteiger partial charge in [-0.05, 0) is 25.7 Å². The summed E-state index contributed by atoms with van der Waals surface area (Å²) in [6, 6.07) is 0. The van der Waals surface area contributed by atoms with Gasteiger partial charge in [0, 0.05) is 25.9 Å². The predicted octanol–water partition coefficient (Wildman–Crippen LogP) is 0.528. The van der Waals surface area contributed by atoms with Gasteiger partial charge in [-0.15, -0.1) is 0 Å². The molecule has 2 heterocycles. The van der Waals surface area contributed by atoms with Crippen LogP contribution in [-0.2, 0) is 9.59 Å². The van der Waals surface area contributed by atoms with E-state index in [1.807, 2.05) is 0 Å². The summed E-state index contributed by atoms with van der Waals surface area (Å²) in [5, 5.41) is 5.61. The van der Waals surface area contributed by atoms with E-state index in [-0.39, 0.29) is 17.3 Å². The summed E-state index contributed by atoms with van der Waals surface area (Å²) in [4.78, 5) is 21.1. The fourth-order valence-corrected chi connectivity index (χ4v) is 1.81. The number of amides is 2. The molecule has 0 unspecified atom stereocenters. The number of carbonyl (C=O) groups is 2. The molecule has 0 atom stereocenters. The van der Waals surface area contributed by atoms with Crippen molar-refractivity contribution >= 4 is 11.8 Å². The minimum absolute atomic E-state index is 0. The predicted molar refractivity (Wildman–Crippen MR) is 66.6 cm³/mol. The first-order valence-electron chi connectivity index (χ1n) is 6.32. The third-order valence-electron chi connectivity index (χ3n) is 2.81. The van der Waals surface area contributed by atoms with E-state index in [1.165, 1.54) is 12.8 Å². The lowest BCUT2D eigenvalue weighted by Gasteiger charge is -1.93. The molecule has 2 aliphatic heterocycles. The fourth-order valence-electron chi connectivity index (χ4n) is 1.81. The van der Waals surface area contributed by atoms with Crippen molar-refractivity contribution in [3.05, 3.63) is 0 Å². The second-order valence-corrected chi connectivity index (χ2v) is 4.32. The lowest BCUT2D eigenvalue weighted by molar-refractivity contribution is -0.121. The maximum Gasteiger partial charge on any atom is 0.219 e. The Morgan fingerprint density at radius 2 is 1.06 bits per heavy atom. The summed E-state index contributed by atoms with van der Waals surface area (Å²) >= 11 is 0. The molecule has 2 saturated heterocycles. The van der Waals surface area contributed by atoms with Gasteiger partial charge in [0.15, 0.2) is 0 Å². The Bertz CT molecular complexity index is 188. The summed E-state index contributed by atoms with van der Waals surface area (Å²) in [7, 11) is 0. The second kappa shape index (κ2) is 10.1. The lowest BCUT2D eigenvalue weighted by Crippen LogP contribution is -2.21. The minimum Gasteiger partial charge on any atom is -0.412 e. The topological polar surface area (TPSA) is 89.7 Å². The monoisotopic (exact) mass is 244 g/mol. The van der Waals surface area contributed by atoms with Gasteiger partial charge < -0.3 is 16.1 Å². The Balaban J connectivity index is 0.000000284. The summed E-state index contributed by atoms with van der Waals surface area (Å²) in [5.41, 5.74) is 0. The molecule has 2 aliphatic rings. The summed E-state index contributed by atoms with van der Waals surface area (Å²) in [5.74, 6) is 0.449. The van der Waals surface area contributed by atoms with Gasteiger partial charge in [-0.3, -0.25) is 9.59 Å². The zero-order chi connectivity index (χ0) is 11.6. The molecule has 0 radical (unpaired) electrons. The molecule has 5 nitrogen and oxygen atoms in total. The van der Waals surface area contributed by atoms with Crippen LogP contribution < -0.4 is 10.6 Å². The van der Waals surface area contributed by atoms with Gasteiger partial charge >= 0.3 is 0 Å². The van der Waals surface area contributed by atoms with Gasteiger partial charge in [-0.2, -0.15) is 0 Å². The third kappa shape index (κ3) is 8.68. The van der Waals surface area contributed by atoms with E-state index in [4.69, 9.17) is 0 Å². The number of hydrogen-bond donors (Lipinski definition) is 2. The van der Waals surface area contributed by atoms with Crippen LogP contribution in [0.15, 0.2) is 0 Å². The molecule has 2 fully saturated rings. The first kappa shape index (κ1) is 15.9. The van der Waals surface area contributed by atoms with Crippen molar-refractivity contribution in [1.82, 2.24) is 10.6 Å². The van der Waals surface area contributed by atoms with E-state index in [1.54, 1.807) is 0 Å². The molecule has 100 valence electrons. The summed E-state index contributed by atoms with van der Waals surface area (Å²) in [6.07, 6.45) is 8.35. The van der Waals surface area contributed by atoms with Crippen LogP contribution in [0, 0.1) is 0 Å². The van der Waals surface area contributed by atoms with E-state index in [2.05, 4.69) is 10.6 Å². The highest BCUT2D eigenvalue weighted by atomic mass is 16.2. The molecule has 0 spiro atoms. The zero-order valence-electron chi connectivity index (χ0n) is 10.4. The Kier molecular flexibility index (Phi) is 9.43. The SMILES string of the molecule is O.O=C1CCCCCN1.O=C1CCCCCN1.